The molecule has 0 aliphatic heterocycles. The topological polar surface area (TPSA) is 15.6 Å². The molecule has 0 bridgehead atoms. The lowest BCUT2D eigenvalue weighted by Crippen LogP contribution is -2.28. The van der Waals surface area contributed by atoms with E-state index in [0.717, 1.165) is 11.6 Å². The first-order valence-corrected chi connectivity index (χ1v) is 6.12. The van der Waals surface area contributed by atoms with Crippen LogP contribution in [0.1, 0.15) is 41.5 Å². The molecule has 0 fully saturated rings. The molecule has 0 unspecified atom stereocenters. The lowest BCUT2D eigenvalue weighted by molar-refractivity contribution is 0.333. The van der Waals surface area contributed by atoms with Crippen LogP contribution in [0, 0.1) is 0 Å². The normalized spacial score (nSPS) is 13.9. The summed E-state index contributed by atoms with van der Waals surface area (Å²) in [6, 6.07) is 0.836. The van der Waals surface area contributed by atoms with Crippen molar-refractivity contribution >= 4 is 18.3 Å². The second kappa shape index (κ2) is 6.94. The summed E-state index contributed by atoms with van der Waals surface area (Å²) >= 11 is 4.33. The van der Waals surface area contributed by atoms with Crippen molar-refractivity contribution in [1.82, 2.24) is 4.90 Å². The van der Waals surface area contributed by atoms with Crippen molar-refractivity contribution in [3.05, 3.63) is 11.8 Å². The molecule has 0 radical (unpaired) electrons. The van der Waals surface area contributed by atoms with Crippen molar-refractivity contribution in [2.45, 2.75) is 53.6 Å². The molecule has 0 spiro atoms. The summed E-state index contributed by atoms with van der Waals surface area (Å²) in [5, 5.41) is 0. The molecule has 0 saturated heterocycles. The average molecular weight is 228 g/mol. The summed E-state index contributed by atoms with van der Waals surface area (Å²) in [5.41, 5.74) is 2.30. The van der Waals surface area contributed by atoms with Crippen LogP contribution in [0.2, 0.25) is 0 Å². The highest BCUT2D eigenvalue weighted by molar-refractivity contribution is 7.80. The lowest BCUT2D eigenvalue weighted by atomic mass is 10.2. The van der Waals surface area contributed by atoms with Gasteiger partial charge in [0.05, 0.1) is 5.88 Å². The predicted octanol–water partition coefficient (Wildman–Crippen LogP) is 3.36. The van der Waals surface area contributed by atoms with Gasteiger partial charge >= 0.3 is 0 Å². The Labute approximate surface area is 99.9 Å². The predicted molar refractivity (Wildman–Crippen MR) is 72.8 cm³/mol. The van der Waals surface area contributed by atoms with E-state index in [9.17, 15) is 0 Å². The molecule has 0 N–H and O–H groups in total. The molecular weight excluding hydrogens is 204 g/mol. The minimum absolute atomic E-state index is 0.359. The van der Waals surface area contributed by atoms with Crippen molar-refractivity contribution in [3.8, 4) is 0 Å². The van der Waals surface area contributed by atoms with Gasteiger partial charge in [-0.2, -0.15) is 12.6 Å². The second-order valence-electron chi connectivity index (χ2n) is 4.35. The third kappa shape index (κ3) is 5.88. The van der Waals surface area contributed by atoms with Gasteiger partial charge in [-0.05, 0) is 47.6 Å². The number of thiol groups is 1. The van der Waals surface area contributed by atoms with Gasteiger partial charge < -0.3 is 4.90 Å². The van der Waals surface area contributed by atoms with Crippen LogP contribution in [0.4, 0.5) is 0 Å². The van der Waals surface area contributed by atoms with Crippen LogP contribution in [0.5, 0.6) is 0 Å². The second-order valence-corrected chi connectivity index (χ2v) is 4.64. The van der Waals surface area contributed by atoms with Gasteiger partial charge in [-0.1, -0.05) is 0 Å². The van der Waals surface area contributed by atoms with Crippen LogP contribution >= 0.6 is 12.6 Å². The molecule has 15 heavy (non-hydrogen) atoms. The molecule has 0 aliphatic rings. The maximum absolute atomic E-state index is 4.48. The summed E-state index contributed by atoms with van der Waals surface area (Å²) < 4.78 is 0. The van der Waals surface area contributed by atoms with Crippen molar-refractivity contribution in [2.75, 3.05) is 5.88 Å². The highest BCUT2D eigenvalue weighted by Gasteiger charge is 2.07. The zero-order chi connectivity index (χ0) is 12.0. The third-order valence-electron chi connectivity index (χ3n) is 2.11. The van der Waals surface area contributed by atoms with E-state index in [1.165, 1.54) is 5.70 Å². The maximum atomic E-state index is 4.48. The van der Waals surface area contributed by atoms with E-state index in [-0.39, 0.29) is 0 Å². The number of allylic oxidation sites excluding steroid dienone is 2. The van der Waals surface area contributed by atoms with Crippen molar-refractivity contribution in [3.63, 3.8) is 0 Å². The van der Waals surface area contributed by atoms with E-state index in [2.05, 4.69) is 63.2 Å². The van der Waals surface area contributed by atoms with Gasteiger partial charge in [0.2, 0.25) is 0 Å². The van der Waals surface area contributed by atoms with Crippen LogP contribution in [0.15, 0.2) is 16.8 Å². The fourth-order valence-corrected chi connectivity index (χ4v) is 2.06. The van der Waals surface area contributed by atoms with Crippen LogP contribution < -0.4 is 0 Å². The highest BCUT2D eigenvalue weighted by atomic mass is 32.1. The van der Waals surface area contributed by atoms with E-state index in [1.807, 2.05) is 6.92 Å². The van der Waals surface area contributed by atoms with Crippen molar-refractivity contribution in [1.29, 1.82) is 0 Å². The molecule has 3 heteroatoms. The summed E-state index contributed by atoms with van der Waals surface area (Å²) in [6.45, 7) is 12.7. The third-order valence-corrected chi connectivity index (χ3v) is 2.41. The fourth-order valence-electron chi connectivity index (χ4n) is 1.51. The molecule has 0 amide bonds. The van der Waals surface area contributed by atoms with E-state index < -0.39 is 0 Å². The summed E-state index contributed by atoms with van der Waals surface area (Å²) in [7, 11) is 0. The van der Waals surface area contributed by atoms with Gasteiger partial charge in [0.15, 0.2) is 0 Å². The van der Waals surface area contributed by atoms with E-state index in [4.69, 9.17) is 0 Å². The Hall–Kier alpha value is -0.440. The molecule has 0 saturated carbocycles. The number of nitrogens with zero attached hydrogens (tertiary/aromatic N) is 2. The summed E-state index contributed by atoms with van der Waals surface area (Å²) in [4.78, 5) is 6.72. The van der Waals surface area contributed by atoms with Gasteiger partial charge in [-0.3, -0.25) is 4.99 Å². The minimum Gasteiger partial charge on any atom is -0.364 e. The first kappa shape index (κ1) is 14.6. The Kier molecular flexibility index (Phi) is 6.73. The van der Waals surface area contributed by atoms with Crippen molar-refractivity contribution in [2.24, 2.45) is 4.99 Å². The molecule has 0 aromatic heterocycles. The number of hydrogen-bond acceptors (Lipinski definition) is 3. The Morgan fingerprint density at radius 3 is 2.13 bits per heavy atom. The van der Waals surface area contributed by atoms with Gasteiger partial charge in [-0.15, -0.1) is 0 Å². The van der Waals surface area contributed by atoms with Gasteiger partial charge in [0.25, 0.3) is 0 Å². The Morgan fingerprint density at radius 2 is 1.80 bits per heavy atom. The van der Waals surface area contributed by atoms with E-state index >= 15 is 0 Å². The molecule has 0 aromatic rings. The smallest absolute Gasteiger partial charge is 0.0609 e. The van der Waals surface area contributed by atoms with E-state index in [0.29, 0.717) is 12.1 Å². The first-order chi connectivity index (χ1) is 6.88. The first-order valence-electron chi connectivity index (χ1n) is 5.48. The molecule has 88 valence electrons. The number of rotatable bonds is 5. The molecule has 0 aliphatic carbocycles. The van der Waals surface area contributed by atoms with Gasteiger partial charge in [0, 0.05) is 23.5 Å². The summed E-state index contributed by atoms with van der Waals surface area (Å²) in [6.07, 6.45) is 2.12. The lowest BCUT2D eigenvalue weighted by Gasteiger charge is -2.27. The molecule has 0 aromatic carbocycles. The Balaban J connectivity index is 4.66. The summed E-state index contributed by atoms with van der Waals surface area (Å²) in [5.74, 6) is 0.745. The SMILES string of the molecule is CC(/C=C(/C)N(CS)C(C)C)=NC(C)C. The maximum Gasteiger partial charge on any atom is 0.0609 e. The zero-order valence-corrected chi connectivity index (χ0v) is 11.7. The molecule has 0 rings (SSSR count). The monoisotopic (exact) mass is 228 g/mol. The van der Waals surface area contributed by atoms with Crippen LogP contribution in [0.25, 0.3) is 0 Å². The average Bonchev–Trinajstić information content (AvgIpc) is 2.01. The Morgan fingerprint density at radius 1 is 1.27 bits per heavy atom. The van der Waals surface area contributed by atoms with E-state index in [1.54, 1.807) is 0 Å². The highest BCUT2D eigenvalue weighted by Crippen LogP contribution is 2.10. The molecule has 0 atom stereocenters. The van der Waals surface area contributed by atoms with Crippen LogP contribution in [0.3, 0.4) is 0 Å². The number of hydrogen-bond donors (Lipinski definition) is 1. The molecule has 2 nitrogen and oxygen atoms in total. The zero-order valence-electron chi connectivity index (χ0n) is 10.8. The van der Waals surface area contributed by atoms with Gasteiger partial charge in [0.1, 0.15) is 0 Å². The Bertz CT molecular complexity index is 242. The largest absolute Gasteiger partial charge is 0.364 e. The number of aliphatic imine (C=N–C) groups is 1. The quantitative estimate of drug-likeness (QED) is 0.433. The van der Waals surface area contributed by atoms with Gasteiger partial charge in [-0.25, -0.2) is 0 Å². The van der Waals surface area contributed by atoms with Crippen LogP contribution in [-0.4, -0.2) is 28.6 Å². The van der Waals surface area contributed by atoms with Crippen molar-refractivity contribution < 1.29 is 0 Å². The standard InChI is InChI=1S/C12H24N2S/c1-9(2)13-11(5)7-12(6)14(8-15)10(3)4/h7,9-10,15H,8H2,1-6H3/b12-7-,13-11?. The minimum atomic E-state index is 0.359. The molecule has 0 heterocycles. The van der Waals surface area contributed by atoms with Crippen LogP contribution in [-0.2, 0) is 0 Å². The molecular formula is C12H24N2S. The fraction of sp³-hybridized carbons (Fsp3) is 0.750.